The molecule has 0 fully saturated rings. The molecule has 0 aliphatic rings. The van der Waals surface area contributed by atoms with Crippen LogP contribution in [-0.2, 0) is 12.2 Å². The molecule has 0 aliphatic carbocycles. The minimum absolute atomic E-state index is 0.212. The van der Waals surface area contributed by atoms with Gasteiger partial charge in [-0.2, -0.15) is 0 Å². The lowest BCUT2D eigenvalue weighted by Crippen LogP contribution is -2.18. The Hall–Kier alpha value is -1.25. The molecule has 94 valence electrons. The Bertz CT molecular complexity index is 479. The Balaban J connectivity index is 2.05. The highest BCUT2D eigenvalue weighted by Gasteiger charge is 2.05. The van der Waals surface area contributed by atoms with Gasteiger partial charge in [0.1, 0.15) is 0 Å². The molecule has 0 heterocycles. The third-order valence-corrected chi connectivity index (χ3v) is 3.94. The summed E-state index contributed by atoms with van der Waals surface area (Å²) < 4.78 is 0. The molecule has 1 unspecified atom stereocenters. The van der Waals surface area contributed by atoms with Crippen LogP contribution in [0.5, 0.6) is 0 Å². The Morgan fingerprint density at radius 2 is 1.67 bits per heavy atom. The van der Waals surface area contributed by atoms with Gasteiger partial charge in [0.2, 0.25) is 0 Å². The summed E-state index contributed by atoms with van der Waals surface area (Å²) in [6.45, 7) is 2.05. The standard InChI is InChI=1S/C16H19NS/c1-13(17)11-15-9-5-6-10-16(15)18-12-14-7-3-2-4-8-14/h2-10,13H,11-12,17H2,1H3. The zero-order chi connectivity index (χ0) is 12.8. The predicted octanol–water partition coefficient (Wildman–Crippen LogP) is 3.87. The summed E-state index contributed by atoms with van der Waals surface area (Å²) in [4.78, 5) is 1.35. The van der Waals surface area contributed by atoms with E-state index in [-0.39, 0.29) is 6.04 Å². The smallest absolute Gasteiger partial charge is 0.0232 e. The zero-order valence-corrected chi connectivity index (χ0v) is 11.5. The number of hydrogen-bond acceptors (Lipinski definition) is 2. The Labute approximate surface area is 113 Å². The fourth-order valence-corrected chi connectivity index (χ4v) is 2.92. The molecule has 0 radical (unpaired) electrons. The first kappa shape index (κ1) is 13.2. The predicted molar refractivity (Wildman–Crippen MR) is 79.8 cm³/mol. The number of benzene rings is 2. The van der Waals surface area contributed by atoms with E-state index < -0.39 is 0 Å². The van der Waals surface area contributed by atoms with Gasteiger partial charge in [-0.25, -0.2) is 0 Å². The van der Waals surface area contributed by atoms with Gasteiger partial charge in [-0.1, -0.05) is 48.5 Å². The average molecular weight is 257 g/mol. The van der Waals surface area contributed by atoms with Crippen molar-refractivity contribution in [1.29, 1.82) is 0 Å². The van der Waals surface area contributed by atoms with E-state index in [1.165, 1.54) is 16.0 Å². The number of nitrogens with two attached hydrogens (primary N) is 1. The lowest BCUT2D eigenvalue weighted by Gasteiger charge is -2.11. The van der Waals surface area contributed by atoms with Crippen LogP contribution in [-0.4, -0.2) is 6.04 Å². The fourth-order valence-electron chi connectivity index (χ4n) is 1.90. The molecule has 0 amide bonds. The van der Waals surface area contributed by atoms with Crippen molar-refractivity contribution in [2.24, 2.45) is 5.73 Å². The van der Waals surface area contributed by atoms with Crippen molar-refractivity contribution in [3.05, 3.63) is 65.7 Å². The lowest BCUT2D eigenvalue weighted by atomic mass is 10.1. The van der Waals surface area contributed by atoms with Crippen LogP contribution in [0.2, 0.25) is 0 Å². The molecule has 1 nitrogen and oxygen atoms in total. The highest BCUT2D eigenvalue weighted by molar-refractivity contribution is 7.98. The lowest BCUT2D eigenvalue weighted by molar-refractivity contribution is 0.729. The van der Waals surface area contributed by atoms with Crippen molar-refractivity contribution in [1.82, 2.24) is 0 Å². The van der Waals surface area contributed by atoms with E-state index in [2.05, 4.69) is 61.5 Å². The second-order valence-electron chi connectivity index (χ2n) is 4.56. The first-order valence-electron chi connectivity index (χ1n) is 6.26. The van der Waals surface area contributed by atoms with Gasteiger partial charge in [-0.15, -0.1) is 11.8 Å². The van der Waals surface area contributed by atoms with Gasteiger partial charge in [-0.3, -0.25) is 0 Å². The molecule has 18 heavy (non-hydrogen) atoms. The summed E-state index contributed by atoms with van der Waals surface area (Å²) in [5, 5.41) is 0. The number of hydrogen-bond donors (Lipinski definition) is 1. The second kappa shape index (κ2) is 6.62. The van der Waals surface area contributed by atoms with E-state index in [0.717, 1.165) is 12.2 Å². The van der Waals surface area contributed by atoms with Gasteiger partial charge in [-0.05, 0) is 30.5 Å². The molecule has 0 saturated heterocycles. The van der Waals surface area contributed by atoms with E-state index in [9.17, 15) is 0 Å². The van der Waals surface area contributed by atoms with Crippen molar-refractivity contribution in [2.45, 2.75) is 30.0 Å². The molecule has 0 spiro atoms. The van der Waals surface area contributed by atoms with E-state index in [1.54, 1.807) is 0 Å². The van der Waals surface area contributed by atoms with Crippen LogP contribution in [0.25, 0.3) is 0 Å². The van der Waals surface area contributed by atoms with Gasteiger partial charge < -0.3 is 5.73 Å². The second-order valence-corrected chi connectivity index (χ2v) is 5.58. The maximum atomic E-state index is 5.89. The summed E-state index contributed by atoms with van der Waals surface area (Å²) in [5.74, 6) is 1.01. The van der Waals surface area contributed by atoms with Crippen LogP contribution in [0.4, 0.5) is 0 Å². The summed E-state index contributed by atoms with van der Waals surface area (Å²) >= 11 is 1.89. The molecular formula is C16H19NS. The minimum atomic E-state index is 0.212. The van der Waals surface area contributed by atoms with Crippen molar-refractivity contribution < 1.29 is 0 Å². The van der Waals surface area contributed by atoms with Crippen LogP contribution < -0.4 is 5.73 Å². The van der Waals surface area contributed by atoms with Crippen molar-refractivity contribution in [2.75, 3.05) is 0 Å². The van der Waals surface area contributed by atoms with Crippen LogP contribution in [0.15, 0.2) is 59.5 Å². The Morgan fingerprint density at radius 3 is 2.39 bits per heavy atom. The zero-order valence-electron chi connectivity index (χ0n) is 10.7. The van der Waals surface area contributed by atoms with Crippen LogP contribution >= 0.6 is 11.8 Å². The normalized spacial score (nSPS) is 12.3. The highest BCUT2D eigenvalue weighted by atomic mass is 32.2. The fraction of sp³-hybridized carbons (Fsp3) is 0.250. The van der Waals surface area contributed by atoms with Crippen molar-refractivity contribution >= 4 is 11.8 Å². The van der Waals surface area contributed by atoms with Crippen LogP contribution in [0.3, 0.4) is 0 Å². The topological polar surface area (TPSA) is 26.0 Å². The SMILES string of the molecule is CC(N)Cc1ccccc1SCc1ccccc1. The maximum absolute atomic E-state index is 5.89. The monoisotopic (exact) mass is 257 g/mol. The largest absolute Gasteiger partial charge is 0.328 e. The van der Waals surface area contributed by atoms with Gasteiger partial charge in [0.05, 0.1) is 0 Å². The van der Waals surface area contributed by atoms with Gasteiger partial charge in [0.25, 0.3) is 0 Å². The maximum Gasteiger partial charge on any atom is 0.0232 e. The van der Waals surface area contributed by atoms with Gasteiger partial charge >= 0.3 is 0 Å². The molecule has 0 saturated carbocycles. The molecular weight excluding hydrogens is 238 g/mol. The molecule has 2 aromatic rings. The van der Waals surface area contributed by atoms with Crippen molar-refractivity contribution in [3.8, 4) is 0 Å². The Morgan fingerprint density at radius 1 is 1.00 bits per heavy atom. The number of thioether (sulfide) groups is 1. The molecule has 0 aliphatic heterocycles. The van der Waals surface area contributed by atoms with E-state index in [1.807, 2.05) is 11.8 Å². The summed E-state index contributed by atoms with van der Waals surface area (Å²) in [5.41, 5.74) is 8.61. The van der Waals surface area contributed by atoms with Gasteiger partial charge in [0.15, 0.2) is 0 Å². The van der Waals surface area contributed by atoms with E-state index in [0.29, 0.717) is 0 Å². The quantitative estimate of drug-likeness (QED) is 0.823. The third-order valence-electron chi connectivity index (χ3n) is 2.75. The molecule has 1 atom stereocenters. The molecule has 2 heteroatoms. The summed E-state index contributed by atoms with van der Waals surface area (Å²) in [7, 11) is 0. The van der Waals surface area contributed by atoms with Crippen LogP contribution in [0, 0.1) is 0 Å². The van der Waals surface area contributed by atoms with E-state index >= 15 is 0 Å². The molecule has 0 aromatic heterocycles. The van der Waals surface area contributed by atoms with Crippen molar-refractivity contribution in [3.63, 3.8) is 0 Å². The highest BCUT2D eigenvalue weighted by Crippen LogP contribution is 2.26. The minimum Gasteiger partial charge on any atom is -0.328 e. The summed E-state index contributed by atoms with van der Waals surface area (Å²) in [6.07, 6.45) is 0.942. The first-order chi connectivity index (χ1) is 8.75. The molecule has 2 aromatic carbocycles. The first-order valence-corrected chi connectivity index (χ1v) is 7.24. The number of rotatable bonds is 5. The van der Waals surface area contributed by atoms with Crippen LogP contribution in [0.1, 0.15) is 18.1 Å². The molecule has 2 rings (SSSR count). The van der Waals surface area contributed by atoms with E-state index in [4.69, 9.17) is 5.73 Å². The third kappa shape index (κ3) is 3.90. The molecule has 2 N–H and O–H groups in total. The van der Waals surface area contributed by atoms with Gasteiger partial charge in [0, 0.05) is 16.7 Å². The molecule has 0 bridgehead atoms. The summed E-state index contributed by atoms with van der Waals surface area (Å²) in [6, 6.07) is 19.3. The Kier molecular flexibility index (Phi) is 4.85. The average Bonchev–Trinajstić information content (AvgIpc) is 2.38.